The summed E-state index contributed by atoms with van der Waals surface area (Å²) in [6.45, 7) is 0. The van der Waals surface area contributed by atoms with Crippen LogP contribution in [-0.4, -0.2) is 14.2 Å². The third kappa shape index (κ3) is 3.64. The molecule has 0 saturated heterocycles. The molecule has 0 N–H and O–H groups in total. The molecule has 0 amide bonds. The van der Waals surface area contributed by atoms with Crippen LogP contribution in [0.5, 0.6) is 11.5 Å². The summed E-state index contributed by atoms with van der Waals surface area (Å²) in [4.78, 5) is 2.27. The molecule has 0 radical (unpaired) electrons. The highest BCUT2D eigenvalue weighted by Crippen LogP contribution is 2.50. The van der Waals surface area contributed by atoms with Crippen LogP contribution in [0, 0.1) is 0 Å². The van der Waals surface area contributed by atoms with Gasteiger partial charge in [0.25, 0.3) is 0 Å². The van der Waals surface area contributed by atoms with E-state index in [1.165, 1.54) is 0 Å². The normalized spacial score (nSPS) is 10.9. The average Bonchev–Trinajstić information content (AvgIpc) is 3.06. The lowest BCUT2D eigenvalue weighted by atomic mass is 10.0. The van der Waals surface area contributed by atoms with Crippen LogP contribution in [0.1, 0.15) is 0 Å². The number of halogens is 4. The molecule has 126 valence electrons. The highest BCUT2D eigenvalue weighted by Gasteiger charge is 2.20. The Bertz CT molecular complexity index is 829. The van der Waals surface area contributed by atoms with Crippen molar-refractivity contribution in [2.45, 2.75) is 0 Å². The van der Waals surface area contributed by atoms with Gasteiger partial charge >= 0.3 is 0 Å². The molecule has 0 aliphatic rings. The third-order valence-corrected chi connectivity index (χ3v) is 8.44. The van der Waals surface area contributed by atoms with Gasteiger partial charge < -0.3 is 9.47 Å². The van der Waals surface area contributed by atoms with Crippen molar-refractivity contribution in [3.05, 3.63) is 40.8 Å². The van der Waals surface area contributed by atoms with Crippen LogP contribution < -0.4 is 9.47 Å². The Morgan fingerprint density at radius 3 is 1.29 bits per heavy atom. The van der Waals surface area contributed by atoms with Crippen molar-refractivity contribution in [3.8, 4) is 32.4 Å². The van der Waals surface area contributed by atoms with Crippen molar-refractivity contribution < 1.29 is 9.47 Å². The fourth-order valence-corrected chi connectivity index (χ4v) is 7.63. The molecule has 2 heterocycles. The van der Waals surface area contributed by atoms with Crippen molar-refractivity contribution in [2.75, 3.05) is 14.2 Å². The molecule has 3 aromatic rings. The van der Waals surface area contributed by atoms with Crippen LogP contribution in [0.15, 0.2) is 40.8 Å². The van der Waals surface area contributed by atoms with Gasteiger partial charge in [-0.3, -0.25) is 0 Å². The van der Waals surface area contributed by atoms with Crippen molar-refractivity contribution in [3.63, 3.8) is 0 Å². The fourth-order valence-electron chi connectivity index (χ4n) is 2.30. The number of ether oxygens (including phenoxy) is 2. The Morgan fingerprint density at radius 1 is 0.667 bits per heavy atom. The lowest BCUT2D eigenvalue weighted by Crippen LogP contribution is -1.93. The molecule has 0 aliphatic carbocycles. The minimum Gasteiger partial charge on any atom is -0.493 e. The van der Waals surface area contributed by atoms with Gasteiger partial charge in [0.05, 0.1) is 31.5 Å². The molecule has 0 fully saturated rings. The van der Waals surface area contributed by atoms with E-state index in [-0.39, 0.29) is 0 Å². The van der Waals surface area contributed by atoms with Gasteiger partial charge in [-0.25, -0.2) is 0 Å². The Balaban J connectivity index is 2.33. The molecule has 0 atom stereocenters. The van der Waals surface area contributed by atoms with Crippen LogP contribution in [-0.2, 0) is 0 Å². The summed E-state index contributed by atoms with van der Waals surface area (Å²) in [5.74, 6) is 1.42. The van der Waals surface area contributed by atoms with Gasteiger partial charge in [0.2, 0.25) is 0 Å². The minimum atomic E-state index is 0.708. The fraction of sp³-hybridized carbons (Fsp3) is 0.125. The highest BCUT2D eigenvalue weighted by molar-refractivity contribution is 9.12. The minimum absolute atomic E-state index is 0.708. The molecule has 3 rings (SSSR count). The summed E-state index contributed by atoms with van der Waals surface area (Å²) in [6.07, 6.45) is 0. The molecule has 1 aromatic carbocycles. The standard InChI is InChI=1S/C16H10Br4O2S2/c1-21-11-3-7(15-9(17)5-13(19)23-15)8(4-12(11)22-2)16-10(18)6-14(20)24-16/h3-6H,1-2H3. The Hall–Kier alpha value is 0.140. The molecule has 0 spiro atoms. The maximum Gasteiger partial charge on any atom is 0.161 e. The number of rotatable bonds is 4. The lowest BCUT2D eigenvalue weighted by molar-refractivity contribution is 0.355. The third-order valence-electron chi connectivity index (χ3n) is 3.33. The van der Waals surface area contributed by atoms with E-state index in [0.717, 1.165) is 37.4 Å². The van der Waals surface area contributed by atoms with Gasteiger partial charge in [0.1, 0.15) is 0 Å². The van der Waals surface area contributed by atoms with E-state index in [2.05, 4.69) is 75.9 Å². The van der Waals surface area contributed by atoms with Crippen LogP contribution in [0.4, 0.5) is 0 Å². The zero-order chi connectivity index (χ0) is 17.4. The van der Waals surface area contributed by atoms with Crippen molar-refractivity contribution in [1.82, 2.24) is 0 Å². The van der Waals surface area contributed by atoms with Crippen LogP contribution in [0.3, 0.4) is 0 Å². The SMILES string of the molecule is COc1cc(-c2sc(Br)cc2Br)c(-c2sc(Br)cc2Br)cc1OC. The van der Waals surface area contributed by atoms with E-state index in [1.807, 2.05) is 12.1 Å². The molecular weight excluding hydrogens is 608 g/mol. The molecule has 8 heteroatoms. The molecule has 0 unspecified atom stereocenters. The van der Waals surface area contributed by atoms with Gasteiger partial charge in [-0.2, -0.15) is 0 Å². The molecule has 2 aromatic heterocycles. The summed E-state index contributed by atoms with van der Waals surface area (Å²) >= 11 is 17.8. The average molecular weight is 618 g/mol. The first-order valence-electron chi connectivity index (χ1n) is 6.61. The van der Waals surface area contributed by atoms with E-state index >= 15 is 0 Å². The van der Waals surface area contributed by atoms with Crippen LogP contribution in [0.2, 0.25) is 0 Å². The summed E-state index contributed by atoms with van der Waals surface area (Å²) in [5.41, 5.74) is 2.18. The molecule has 2 nitrogen and oxygen atoms in total. The molecule has 0 saturated carbocycles. The second kappa shape index (κ2) is 7.80. The van der Waals surface area contributed by atoms with Crippen molar-refractivity contribution in [1.29, 1.82) is 0 Å². The predicted octanol–water partition coefficient (Wildman–Crippen LogP) is 8.21. The molecule has 0 bridgehead atoms. The topological polar surface area (TPSA) is 18.5 Å². The van der Waals surface area contributed by atoms with Gasteiger partial charge in [0, 0.05) is 20.1 Å². The van der Waals surface area contributed by atoms with Gasteiger partial charge in [0.15, 0.2) is 11.5 Å². The first kappa shape index (κ1) is 18.9. The summed E-state index contributed by atoms with van der Waals surface area (Å²) in [5, 5.41) is 0. The molecule has 24 heavy (non-hydrogen) atoms. The number of methoxy groups -OCH3 is 2. The monoisotopic (exact) mass is 614 g/mol. The van der Waals surface area contributed by atoms with E-state index in [4.69, 9.17) is 9.47 Å². The van der Waals surface area contributed by atoms with Crippen molar-refractivity contribution >= 4 is 86.4 Å². The number of benzene rings is 1. The largest absolute Gasteiger partial charge is 0.493 e. The van der Waals surface area contributed by atoms with E-state index < -0.39 is 0 Å². The van der Waals surface area contributed by atoms with Crippen LogP contribution >= 0.6 is 86.4 Å². The van der Waals surface area contributed by atoms with Gasteiger partial charge in [-0.1, -0.05) is 0 Å². The van der Waals surface area contributed by atoms with E-state index in [1.54, 1.807) is 36.9 Å². The lowest BCUT2D eigenvalue weighted by Gasteiger charge is -2.14. The highest BCUT2D eigenvalue weighted by atomic mass is 79.9. The van der Waals surface area contributed by atoms with E-state index in [9.17, 15) is 0 Å². The van der Waals surface area contributed by atoms with Gasteiger partial charge in [-0.15, -0.1) is 22.7 Å². The first-order chi connectivity index (χ1) is 11.4. The second-order valence-electron chi connectivity index (χ2n) is 4.71. The predicted molar refractivity (Wildman–Crippen MR) is 117 cm³/mol. The van der Waals surface area contributed by atoms with Gasteiger partial charge in [-0.05, 0) is 88.0 Å². The number of hydrogen-bond acceptors (Lipinski definition) is 4. The summed E-state index contributed by atoms with van der Waals surface area (Å²) in [7, 11) is 3.30. The zero-order valence-corrected chi connectivity index (χ0v) is 20.4. The zero-order valence-electron chi connectivity index (χ0n) is 12.5. The van der Waals surface area contributed by atoms with Crippen molar-refractivity contribution in [2.24, 2.45) is 0 Å². The first-order valence-corrected chi connectivity index (χ1v) is 11.4. The van der Waals surface area contributed by atoms with E-state index in [0.29, 0.717) is 11.5 Å². The summed E-state index contributed by atoms with van der Waals surface area (Å²) < 4.78 is 15.2. The molecular formula is C16H10Br4O2S2. The quantitative estimate of drug-likeness (QED) is 0.294. The maximum absolute atomic E-state index is 5.51. The Kier molecular flexibility index (Phi) is 6.15. The second-order valence-corrected chi connectivity index (χ2v) is 11.3. The Labute approximate surface area is 181 Å². The van der Waals surface area contributed by atoms with Crippen LogP contribution in [0.25, 0.3) is 20.9 Å². The summed E-state index contributed by atoms with van der Waals surface area (Å²) in [6, 6.07) is 8.16. The number of thiophene rings is 2. The smallest absolute Gasteiger partial charge is 0.161 e. The maximum atomic E-state index is 5.51. The number of hydrogen-bond donors (Lipinski definition) is 0. The molecule has 0 aliphatic heterocycles. The Morgan fingerprint density at radius 2 is 1.04 bits per heavy atom.